The van der Waals surface area contributed by atoms with Crippen LogP contribution in [0.2, 0.25) is 0 Å². The fraction of sp³-hybridized carbons (Fsp3) is 0.889. The SMILES string of the molecule is CCC/C=C\C/C=C\CCCCCCCC(=O)OCCCCCCCCCCCCCCCCCCC(=O)NC(CO)C(O)CCCCCCCCCCCCCCCC. The van der Waals surface area contributed by atoms with E-state index in [0.29, 0.717) is 25.9 Å². The number of esters is 1. The topological polar surface area (TPSA) is 95.9 Å². The first-order valence-electron chi connectivity index (χ1n) is 26.6. The lowest BCUT2D eigenvalue weighted by molar-refractivity contribution is -0.143. The van der Waals surface area contributed by atoms with E-state index in [0.717, 1.165) is 57.8 Å². The predicted molar refractivity (Wildman–Crippen MR) is 260 cm³/mol. The lowest BCUT2D eigenvalue weighted by Gasteiger charge is -2.22. The molecular formula is C54H103NO5. The van der Waals surface area contributed by atoms with Crippen molar-refractivity contribution in [1.82, 2.24) is 5.32 Å². The Kier molecular flexibility index (Phi) is 48.6. The maximum absolute atomic E-state index is 12.4. The van der Waals surface area contributed by atoms with E-state index in [2.05, 4.69) is 43.5 Å². The van der Waals surface area contributed by atoms with E-state index in [9.17, 15) is 19.8 Å². The summed E-state index contributed by atoms with van der Waals surface area (Å²) in [6.07, 6.45) is 58.6. The summed E-state index contributed by atoms with van der Waals surface area (Å²) in [5, 5.41) is 23.2. The first-order chi connectivity index (χ1) is 29.5. The van der Waals surface area contributed by atoms with Crippen LogP contribution >= 0.6 is 0 Å². The quantitative estimate of drug-likeness (QED) is 0.0322. The van der Waals surface area contributed by atoms with Gasteiger partial charge < -0.3 is 20.3 Å². The van der Waals surface area contributed by atoms with Gasteiger partial charge in [0.15, 0.2) is 0 Å². The van der Waals surface area contributed by atoms with E-state index in [-0.39, 0.29) is 18.5 Å². The van der Waals surface area contributed by atoms with Crippen molar-refractivity contribution in [2.45, 2.75) is 296 Å². The molecule has 0 saturated carbocycles. The number of nitrogens with one attached hydrogen (secondary N) is 1. The van der Waals surface area contributed by atoms with Crippen LogP contribution in [0.25, 0.3) is 0 Å². The number of allylic oxidation sites excluding steroid dienone is 4. The van der Waals surface area contributed by atoms with Crippen molar-refractivity contribution in [3.8, 4) is 0 Å². The summed E-state index contributed by atoms with van der Waals surface area (Å²) in [6, 6.07) is -0.546. The monoisotopic (exact) mass is 846 g/mol. The molecule has 0 aliphatic heterocycles. The second-order valence-corrected chi connectivity index (χ2v) is 18.2. The number of hydrogen-bond acceptors (Lipinski definition) is 5. The summed E-state index contributed by atoms with van der Waals surface area (Å²) in [7, 11) is 0. The molecule has 60 heavy (non-hydrogen) atoms. The summed E-state index contributed by atoms with van der Waals surface area (Å²) in [5.41, 5.74) is 0. The molecule has 0 rings (SSSR count). The van der Waals surface area contributed by atoms with Gasteiger partial charge in [-0.3, -0.25) is 9.59 Å². The van der Waals surface area contributed by atoms with E-state index < -0.39 is 12.1 Å². The normalized spacial score (nSPS) is 12.8. The molecule has 0 radical (unpaired) electrons. The van der Waals surface area contributed by atoms with E-state index in [1.54, 1.807) is 0 Å². The summed E-state index contributed by atoms with van der Waals surface area (Å²) in [6.45, 7) is 4.87. The number of hydrogen-bond donors (Lipinski definition) is 3. The van der Waals surface area contributed by atoms with Gasteiger partial charge in [-0.25, -0.2) is 0 Å². The number of carbonyl (C=O) groups excluding carboxylic acids is 2. The van der Waals surface area contributed by atoms with Gasteiger partial charge in [-0.1, -0.05) is 244 Å². The van der Waals surface area contributed by atoms with Gasteiger partial charge >= 0.3 is 5.97 Å². The highest BCUT2D eigenvalue weighted by Crippen LogP contribution is 2.17. The highest BCUT2D eigenvalue weighted by atomic mass is 16.5. The Morgan fingerprint density at radius 2 is 0.867 bits per heavy atom. The van der Waals surface area contributed by atoms with Crippen LogP contribution in [-0.4, -0.2) is 47.4 Å². The highest BCUT2D eigenvalue weighted by Gasteiger charge is 2.20. The van der Waals surface area contributed by atoms with Crippen molar-refractivity contribution in [3.63, 3.8) is 0 Å². The molecule has 0 spiro atoms. The maximum Gasteiger partial charge on any atom is 0.305 e. The van der Waals surface area contributed by atoms with Crippen molar-refractivity contribution in [2.24, 2.45) is 0 Å². The Labute approximate surface area is 373 Å². The molecule has 0 aromatic rings. The average molecular weight is 846 g/mol. The van der Waals surface area contributed by atoms with Gasteiger partial charge in [0.25, 0.3) is 0 Å². The number of ether oxygens (including phenoxy) is 1. The Hall–Kier alpha value is -1.66. The molecule has 1 amide bonds. The number of aliphatic hydroxyl groups is 2. The average Bonchev–Trinajstić information content (AvgIpc) is 3.25. The van der Waals surface area contributed by atoms with Gasteiger partial charge in [0, 0.05) is 12.8 Å². The van der Waals surface area contributed by atoms with Crippen LogP contribution in [0.15, 0.2) is 24.3 Å². The van der Waals surface area contributed by atoms with Crippen molar-refractivity contribution in [1.29, 1.82) is 0 Å². The molecule has 0 aromatic carbocycles. The number of aliphatic hydroxyl groups excluding tert-OH is 2. The molecule has 0 saturated heterocycles. The van der Waals surface area contributed by atoms with Gasteiger partial charge in [-0.2, -0.15) is 0 Å². The molecule has 0 aliphatic carbocycles. The Morgan fingerprint density at radius 1 is 0.467 bits per heavy atom. The lowest BCUT2D eigenvalue weighted by Crippen LogP contribution is -2.45. The van der Waals surface area contributed by atoms with Crippen molar-refractivity contribution < 1.29 is 24.5 Å². The van der Waals surface area contributed by atoms with Gasteiger partial charge in [0.1, 0.15) is 0 Å². The van der Waals surface area contributed by atoms with Crippen LogP contribution < -0.4 is 5.32 Å². The van der Waals surface area contributed by atoms with Crippen LogP contribution in [0, 0.1) is 0 Å². The molecule has 2 atom stereocenters. The predicted octanol–water partition coefficient (Wildman–Crippen LogP) is 15.9. The molecule has 0 aliphatic rings. The Bertz CT molecular complexity index is 935. The first-order valence-corrected chi connectivity index (χ1v) is 26.6. The number of rotatable bonds is 49. The largest absolute Gasteiger partial charge is 0.466 e. The molecule has 0 fully saturated rings. The molecule has 354 valence electrons. The van der Waals surface area contributed by atoms with Crippen LogP contribution in [0.1, 0.15) is 284 Å². The molecule has 6 nitrogen and oxygen atoms in total. The van der Waals surface area contributed by atoms with E-state index in [4.69, 9.17) is 4.74 Å². The van der Waals surface area contributed by atoms with E-state index in [1.807, 2.05) is 0 Å². The van der Waals surface area contributed by atoms with Crippen molar-refractivity contribution in [2.75, 3.05) is 13.2 Å². The minimum atomic E-state index is -0.668. The van der Waals surface area contributed by atoms with Crippen LogP contribution in [-0.2, 0) is 14.3 Å². The number of amides is 1. The second-order valence-electron chi connectivity index (χ2n) is 18.2. The fourth-order valence-corrected chi connectivity index (χ4v) is 8.15. The van der Waals surface area contributed by atoms with Gasteiger partial charge in [0.05, 0.1) is 25.4 Å². The summed E-state index contributed by atoms with van der Waals surface area (Å²) < 4.78 is 5.45. The van der Waals surface area contributed by atoms with Gasteiger partial charge in [-0.15, -0.1) is 0 Å². The molecule has 3 N–H and O–H groups in total. The van der Waals surface area contributed by atoms with E-state index >= 15 is 0 Å². The smallest absolute Gasteiger partial charge is 0.305 e. The lowest BCUT2D eigenvalue weighted by atomic mass is 10.0. The van der Waals surface area contributed by atoms with Crippen LogP contribution in [0.3, 0.4) is 0 Å². The van der Waals surface area contributed by atoms with Gasteiger partial charge in [-0.05, 0) is 51.4 Å². The van der Waals surface area contributed by atoms with Crippen molar-refractivity contribution in [3.05, 3.63) is 24.3 Å². The zero-order valence-electron chi connectivity index (χ0n) is 40.2. The first kappa shape index (κ1) is 58.3. The summed E-state index contributed by atoms with van der Waals surface area (Å²) in [4.78, 5) is 24.5. The summed E-state index contributed by atoms with van der Waals surface area (Å²) in [5.74, 6) is -0.0540. The minimum Gasteiger partial charge on any atom is -0.466 e. The van der Waals surface area contributed by atoms with E-state index in [1.165, 1.54) is 193 Å². The third-order valence-electron chi connectivity index (χ3n) is 12.2. The third kappa shape index (κ3) is 45.9. The molecule has 0 aromatic heterocycles. The minimum absolute atomic E-state index is 0.0122. The van der Waals surface area contributed by atoms with Crippen LogP contribution in [0.4, 0.5) is 0 Å². The fourth-order valence-electron chi connectivity index (χ4n) is 8.15. The second kappa shape index (κ2) is 50.0. The molecule has 0 bridgehead atoms. The summed E-state index contributed by atoms with van der Waals surface area (Å²) >= 11 is 0. The standard InChI is InChI=1S/C54H103NO5/c1-3-5-7-9-11-13-15-17-23-26-30-34-38-42-46-52(57)51(50-56)55-53(58)47-43-39-35-31-27-24-20-18-19-21-25-29-33-37-41-45-49-60-54(59)48-44-40-36-32-28-22-16-14-12-10-8-6-4-2/h8,10,14,16,51-52,56-57H,3-7,9,11-13,15,17-50H2,1-2H3,(H,55,58)/b10-8-,16-14-. The molecular weight excluding hydrogens is 743 g/mol. The molecule has 2 unspecified atom stereocenters. The highest BCUT2D eigenvalue weighted by molar-refractivity contribution is 5.76. The van der Waals surface area contributed by atoms with Gasteiger partial charge in [0.2, 0.25) is 5.91 Å². The molecule has 6 heteroatoms. The molecule has 0 heterocycles. The van der Waals surface area contributed by atoms with Crippen LogP contribution in [0.5, 0.6) is 0 Å². The third-order valence-corrected chi connectivity index (χ3v) is 12.2. The van der Waals surface area contributed by atoms with Crippen molar-refractivity contribution >= 4 is 11.9 Å². The Morgan fingerprint density at radius 3 is 1.33 bits per heavy atom. The number of carbonyl (C=O) groups is 2. The zero-order chi connectivity index (χ0) is 43.7. The Balaban J connectivity index is 3.43. The number of unbranched alkanes of at least 4 members (excludes halogenated alkanes) is 34. The zero-order valence-corrected chi connectivity index (χ0v) is 40.2. The maximum atomic E-state index is 12.4.